The van der Waals surface area contributed by atoms with Crippen LogP contribution >= 0.6 is 27.5 Å². The molecule has 1 aliphatic carbocycles. The minimum absolute atomic E-state index is 0.156. The molecule has 0 saturated carbocycles. The van der Waals surface area contributed by atoms with Crippen molar-refractivity contribution in [2.45, 2.75) is 26.4 Å². The van der Waals surface area contributed by atoms with Gasteiger partial charge in [-0.25, -0.2) is 9.78 Å². The van der Waals surface area contributed by atoms with Crippen LogP contribution in [0.15, 0.2) is 88.3 Å². The number of aliphatic imine (C=N–C) groups is 1. The molecule has 8 nitrogen and oxygen atoms in total. The SMILES string of the molecule is C=C1C(Cn2ccnc2C)=Cc2cc(Cl)ccc2C(N2CCN(C(=O)Nc3ccc(O)cc3)CC2)C1=N/C=C(\C)Br. The minimum Gasteiger partial charge on any atom is -0.508 e. The van der Waals surface area contributed by atoms with Gasteiger partial charge in [-0.05, 0) is 78.6 Å². The zero-order valence-electron chi connectivity index (χ0n) is 23.0. The number of carbonyl (C=O) groups is 1. The molecular formula is C31H32BrClN6O2. The summed E-state index contributed by atoms with van der Waals surface area (Å²) in [6, 6.07) is 12.1. The Hall–Kier alpha value is -3.66. The summed E-state index contributed by atoms with van der Waals surface area (Å²) < 4.78 is 3.00. The molecule has 0 spiro atoms. The summed E-state index contributed by atoms with van der Waals surface area (Å²) >= 11 is 10.0. The number of phenols is 1. The minimum atomic E-state index is -0.183. The molecule has 2 aromatic carbocycles. The number of rotatable bonds is 5. The van der Waals surface area contributed by atoms with Crippen LogP contribution in [-0.2, 0) is 6.54 Å². The molecule has 2 aliphatic rings. The summed E-state index contributed by atoms with van der Waals surface area (Å²) in [5.41, 5.74) is 5.49. The zero-order chi connectivity index (χ0) is 29.1. The molecule has 1 aliphatic heterocycles. The number of imidazole rings is 1. The molecule has 1 aromatic heterocycles. The first-order chi connectivity index (χ1) is 19.7. The van der Waals surface area contributed by atoms with Crippen molar-refractivity contribution in [3.63, 3.8) is 0 Å². The van der Waals surface area contributed by atoms with E-state index in [1.165, 1.54) is 0 Å². The van der Waals surface area contributed by atoms with Crippen molar-refractivity contribution in [3.05, 3.63) is 105 Å². The molecule has 41 heavy (non-hydrogen) atoms. The van der Waals surface area contributed by atoms with Crippen LogP contribution in [-0.4, -0.2) is 62.4 Å². The summed E-state index contributed by atoms with van der Waals surface area (Å²) in [5, 5.41) is 13.1. The smallest absolute Gasteiger partial charge is 0.321 e. The van der Waals surface area contributed by atoms with Crippen molar-refractivity contribution >= 4 is 51.0 Å². The fourth-order valence-electron chi connectivity index (χ4n) is 5.17. The van der Waals surface area contributed by atoms with E-state index in [1.54, 1.807) is 30.5 Å². The number of aromatic nitrogens is 2. The number of fused-ring (bicyclic) bond motifs is 1. The van der Waals surface area contributed by atoms with E-state index in [-0.39, 0.29) is 17.8 Å². The maximum absolute atomic E-state index is 13.0. The molecule has 5 rings (SSSR count). The fourth-order valence-corrected chi connectivity index (χ4v) is 5.46. The lowest BCUT2D eigenvalue weighted by Crippen LogP contribution is -2.52. The summed E-state index contributed by atoms with van der Waals surface area (Å²) in [6.45, 7) is 11.5. The van der Waals surface area contributed by atoms with E-state index >= 15 is 0 Å². The molecule has 2 amide bonds. The first-order valence-electron chi connectivity index (χ1n) is 13.4. The van der Waals surface area contributed by atoms with Gasteiger partial charge >= 0.3 is 6.03 Å². The van der Waals surface area contributed by atoms with Gasteiger partial charge in [-0.3, -0.25) is 9.89 Å². The van der Waals surface area contributed by atoms with Crippen LogP contribution in [0.25, 0.3) is 6.08 Å². The largest absolute Gasteiger partial charge is 0.508 e. The van der Waals surface area contributed by atoms with Crippen molar-refractivity contribution in [2.24, 2.45) is 4.99 Å². The zero-order valence-corrected chi connectivity index (χ0v) is 25.4. The third-order valence-corrected chi connectivity index (χ3v) is 7.80. The van der Waals surface area contributed by atoms with Crippen LogP contribution in [0, 0.1) is 6.92 Å². The Kier molecular flexibility index (Phi) is 8.77. The fraction of sp³-hybridized carbons (Fsp3) is 0.258. The molecule has 1 unspecified atom stereocenters. The number of aromatic hydroxyl groups is 1. The van der Waals surface area contributed by atoms with Gasteiger partial charge in [0, 0.05) is 66.5 Å². The van der Waals surface area contributed by atoms with Crippen LogP contribution < -0.4 is 5.32 Å². The van der Waals surface area contributed by atoms with Crippen molar-refractivity contribution in [1.29, 1.82) is 0 Å². The van der Waals surface area contributed by atoms with Gasteiger partial charge in [0.1, 0.15) is 11.6 Å². The Morgan fingerprint density at radius 1 is 1.22 bits per heavy atom. The number of nitrogens with zero attached hydrogens (tertiary/aromatic N) is 5. The van der Waals surface area contributed by atoms with E-state index in [0.717, 1.165) is 38.3 Å². The third kappa shape index (κ3) is 6.64. The second-order valence-electron chi connectivity index (χ2n) is 10.2. The number of carbonyl (C=O) groups excluding carboxylic acids is 1. The first kappa shape index (κ1) is 28.9. The highest BCUT2D eigenvalue weighted by molar-refractivity contribution is 9.11. The lowest BCUT2D eigenvalue weighted by molar-refractivity contribution is 0.134. The number of phenolic OH excluding ortho intramolecular Hbond substituents is 1. The van der Waals surface area contributed by atoms with Gasteiger partial charge in [-0.15, -0.1) is 0 Å². The average Bonchev–Trinajstić information content (AvgIpc) is 3.31. The lowest BCUT2D eigenvalue weighted by atomic mass is 9.93. The number of hydrogen-bond acceptors (Lipinski definition) is 5. The van der Waals surface area contributed by atoms with Crippen molar-refractivity contribution in [3.8, 4) is 5.75 Å². The number of piperazine rings is 1. The molecule has 2 N–H and O–H groups in total. The monoisotopic (exact) mass is 634 g/mol. The average molecular weight is 636 g/mol. The molecular weight excluding hydrogens is 604 g/mol. The van der Waals surface area contributed by atoms with Gasteiger partial charge in [0.15, 0.2) is 0 Å². The van der Waals surface area contributed by atoms with Crippen LogP contribution in [0.1, 0.15) is 29.9 Å². The standard InChI is InChI=1S/C31H32BrClN6O2/c1-20(32)18-35-29-21(2)24(19-39-11-10-34-22(39)3)16-23-17-25(33)4-9-28(23)30(29)37-12-14-38(15-13-37)31(41)36-26-5-7-27(40)8-6-26/h4-11,16-18,30,40H,2,12-15,19H2,1,3H3,(H,36,41)/b20-18+,35-29?. The van der Waals surface area contributed by atoms with Gasteiger partial charge in [0.25, 0.3) is 0 Å². The molecule has 212 valence electrons. The normalized spacial score (nSPS) is 19.1. The molecule has 1 atom stereocenters. The molecule has 0 bridgehead atoms. The predicted octanol–water partition coefficient (Wildman–Crippen LogP) is 6.79. The summed E-state index contributed by atoms with van der Waals surface area (Å²) in [7, 11) is 0. The summed E-state index contributed by atoms with van der Waals surface area (Å²) in [4.78, 5) is 26.5. The highest BCUT2D eigenvalue weighted by Gasteiger charge is 2.35. The molecule has 1 saturated heterocycles. The van der Waals surface area contributed by atoms with E-state index < -0.39 is 0 Å². The number of anilines is 1. The summed E-state index contributed by atoms with van der Waals surface area (Å²) in [6.07, 6.45) is 7.74. The molecule has 0 radical (unpaired) electrons. The topological polar surface area (TPSA) is 86.0 Å². The maximum atomic E-state index is 13.0. The number of nitrogens with one attached hydrogen (secondary N) is 1. The number of benzene rings is 2. The van der Waals surface area contributed by atoms with Crippen LogP contribution in [0.2, 0.25) is 5.02 Å². The molecule has 1 fully saturated rings. The highest BCUT2D eigenvalue weighted by atomic mass is 79.9. The second kappa shape index (κ2) is 12.5. The Balaban J connectivity index is 1.45. The van der Waals surface area contributed by atoms with Crippen molar-refractivity contribution in [2.75, 3.05) is 31.5 Å². The number of allylic oxidation sites excluding steroid dienone is 2. The van der Waals surface area contributed by atoms with Gasteiger partial charge in [-0.2, -0.15) is 0 Å². The van der Waals surface area contributed by atoms with Crippen LogP contribution in [0.3, 0.4) is 0 Å². The van der Waals surface area contributed by atoms with E-state index in [1.807, 2.05) is 43.3 Å². The Morgan fingerprint density at radius 2 is 1.95 bits per heavy atom. The number of halogens is 2. The number of urea groups is 1. The van der Waals surface area contributed by atoms with Gasteiger partial charge in [-0.1, -0.05) is 40.2 Å². The summed E-state index contributed by atoms with van der Waals surface area (Å²) in [5.74, 6) is 1.07. The van der Waals surface area contributed by atoms with E-state index in [0.29, 0.717) is 43.4 Å². The first-order valence-corrected chi connectivity index (χ1v) is 14.5. The van der Waals surface area contributed by atoms with E-state index in [9.17, 15) is 9.90 Å². The molecule has 10 heteroatoms. The molecule has 2 heterocycles. The number of amides is 2. The Morgan fingerprint density at radius 3 is 2.61 bits per heavy atom. The maximum Gasteiger partial charge on any atom is 0.321 e. The van der Waals surface area contributed by atoms with Crippen LogP contribution in [0.5, 0.6) is 5.75 Å². The quantitative estimate of drug-likeness (QED) is 0.302. The third-order valence-electron chi connectivity index (χ3n) is 7.36. The van der Waals surface area contributed by atoms with Gasteiger partial charge in [0.2, 0.25) is 0 Å². The van der Waals surface area contributed by atoms with Gasteiger partial charge < -0.3 is 19.9 Å². The lowest BCUT2D eigenvalue weighted by Gasteiger charge is -2.40. The van der Waals surface area contributed by atoms with E-state index in [4.69, 9.17) is 16.6 Å². The van der Waals surface area contributed by atoms with Crippen molar-refractivity contribution in [1.82, 2.24) is 19.4 Å². The number of hydrogen-bond donors (Lipinski definition) is 2. The highest BCUT2D eigenvalue weighted by Crippen LogP contribution is 2.38. The Bertz CT molecular complexity index is 1550. The Labute approximate surface area is 253 Å². The van der Waals surface area contributed by atoms with E-state index in [2.05, 4.69) is 54.4 Å². The number of aryl methyl sites for hydroxylation is 1. The predicted molar refractivity (Wildman–Crippen MR) is 169 cm³/mol. The van der Waals surface area contributed by atoms with Crippen molar-refractivity contribution < 1.29 is 9.90 Å². The van der Waals surface area contributed by atoms with Crippen LogP contribution in [0.4, 0.5) is 10.5 Å². The van der Waals surface area contributed by atoms with Gasteiger partial charge in [0.05, 0.1) is 11.8 Å². The second-order valence-corrected chi connectivity index (χ2v) is 11.8. The molecule has 3 aromatic rings.